The Hall–Kier alpha value is -2.79. The third-order valence-electron chi connectivity index (χ3n) is 4.74. The molecule has 0 aromatic carbocycles. The van der Waals surface area contributed by atoms with Crippen molar-refractivity contribution in [3.05, 3.63) is 29.2 Å². The maximum absolute atomic E-state index is 14.1. The summed E-state index contributed by atoms with van der Waals surface area (Å²) in [7, 11) is 1.58. The number of aromatic nitrogens is 4. The van der Waals surface area contributed by atoms with Crippen LogP contribution in [0.25, 0.3) is 5.65 Å². The van der Waals surface area contributed by atoms with Gasteiger partial charge in [-0.2, -0.15) is 14.4 Å². The molecule has 4 rings (SSSR count). The molecule has 1 aliphatic rings. The van der Waals surface area contributed by atoms with E-state index in [4.69, 9.17) is 9.47 Å². The van der Waals surface area contributed by atoms with Gasteiger partial charge in [-0.3, -0.25) is 9.69 Å². The van der Waals surface area contributed by atoms with Crippen LogP contribution >= 0.6 is 11.3 Å². The molecule has 1 N–H and O–H groups in total. The first kappa shape index (κ1) is 19.5. The van der Waals surface area contributed by atoms with Gasteiger partial charge in [0.05, 0.1) is 12.0 Å². The molecule has 1 unspecified atom stereocenters. The molecule has 1 fully saturated rings. The van der Waals surface area contributed by atoms with Crippen molar-refractivity contribution >= 4 is 28.0 Å². The lowest BCUT2D eigenvalue weighted by molar-refractivity contribution is -0.114. The number of hydrogen-bond acceptors (Lipinski definition) is 8. The Morgan fingerprint density at radius 2 is 2.28 bits per heavy atom. The molecule has 2 atom stereocenters. The lowest BCUT2D eigenvalue weighted by atomic mass is 10.2. The van der Waals surface area contributed by atoms with Crippen molar-refractivity contribution in [3.63, 3.8) is 0 Å². The Labute approximate surface area is 170 Å². The summed E-state index contributed by atoms with van der Waals surface area (Å²) in [5, 5.41) is 7.13. The summed E-state index contributed by atoms with van der Waals surface area (Å²) in [5.41, 5.74) is 0.588. The lowest BCUT2D eigenvalue weighted by Gasteiger charge is -2.19. The molecule has 3 aromatic rings. The molecule has 29 heavy (non-hydrogen) atoms. The zero-order valence-electron chi connectivity index (χ0n) is 16.3. The van der Waals surface area contributed by atoms with Crippen LogP contribution in [0.1, 0.15) is 25.1 Å². The first-order valence-electron chi connectivity index (χ1n) is 9.16. The third kappa shape index (κ3) is 4.15. The largest absolute Gasteiger partial charge is 0.493 e. The number of thiazole rings is 1. The Bertz CT molecular complexity index is 1040. The van der Waals surface area contributed by atoms with E-state index >= 15 is 0 Å². The van der Waals surface area contributed by atoms with Crippen LogP contribution in [0.4, 0.5) is 9.52 Å². The summed E-state index contributed by atoms with van der Waals surface area (Å²) in [5.74, 6) is -0.207. The van der Waals surface area contributed by atoms with Crippen LogP contribution < -0.4 is 14.8 Å². The number of nitrogens with one attached hydrogen (secondary N) is 1. The van der Waals surface area contributed by atoms with Gasteiger partial charge in [-0.15, -0.1) is 5.10 Å². The van der Waals surface area contributed by atoms with Gasteiger partial charge in [0.2, 0.25) is 17.5 Å². The maximum Gasteiger partial charge on any atom is 0.336 e. The number of anilines is 1. The molecule has 1 aliphatic heterocycles. The van der Waals surface area contributed by atoms with Crippen LogP contribution in [-0.4, -0.2) is 56.2 Å². The SMILES string of the molecule is COc1cccn2nc(OC3C[C@H](C)N(Cc4sc(NC(C)=O)nc4F)C3)nc12. The second-order valence-electron chi connectivity index (χ2n) is 6.91. The van der Waals surface area contributed by atoms with Gasteiger partial charge in [0.1, 0.15) is 6.10 Å². The summed E-state index contributed by atoms with van der Waals surface area (Å²) in [4.78, 5) is 21.9. The molecule has 1 saturated heterocycles. The monoisotopic (exact) mass is 420 g/mol. The van der Waals surface area contributed by atoms with Gasteiger partial charge >= 0.3 is 6.01 Å². The standard InChI is InChI=1S/C18H21FN6O3S/c1-10-7-12(28-17-22-16-13(27-3)5-4-6-25(16)23-17)8-24(10)9-14-15(19)21-18(29-14)20-11(2)26/h4-6,10,12H,7-9H2,1-3H3,(H,20,21,26)/t10-,12?/m0/s1. The highest BCUT2D eigenvalue weighted by molar-refractivity contribution is 7.15. The van der Waals surface area contributed by atoms with E-state index in [1.807, 2.05) is 12.1 Å². The molecule has 0 saturated carbocycles. The smallest absolute Gasteiger partial charge is 0.336 e. The van der Waals surface area contributed by atoms with Gasteiger partial charge in [0, 0.05) is 38.7 Å². The fraction of sp³-hybridized carbons (Fsp3) is 0.444. The highest BCUT2D eigenvalue weighted by Crippen LogP contribution is 2.29. The maximum atomic E-state index is 14.1. The number of fused-ring (bicyclic) bond motifs is 1. The molecule has 3 aromatic heterocycles. The van der Waals surface area contributed by atoms with Gasteiger partial charge in [-0.25, -0.2) is 4.52 Å². The van der Waals surface area contributed by atoms with E-state index in [0.717, 1.165) is 17.8 Å². The zero-order chi connectivity index (χ0) is 20.5. The van der Waals surface area contributed by atoms with Gasteiger partial charge in [-0.05, 0) is 19.1 Å². The minimum Gasteiger partial charge on any atom is -0.493 e. The molecule has 0 radical (unpaired) electrons. The fourth-order valence-electron chi connectivity index (χ4n) is 3.39. The highest BCUT2D eigenvalue weighted by atomic mass is 32.1. The molecule has 0 spiro atoms. The number of carbonyl (C=O) groups excluding carboxylic acids is 1. The summed E-state index contributed by atoms with van der Waals surface area (Å²) < 4.78 is 27.0. The minimum atomic E-state index is -0.551. The average molecular weight is 420 g/mol. The van der Waals surface area contributed by atoms with Crippen LogP contribution in [0.5, 0.6) is 11.8 Å². The molecule has 9 nitrogen and oxygen atoms in total. The number of likely N-dealkylation sites (tertiary alicyclic amines) is 1. The minimum absolute atomic E-state index is 0.112. The first-order valence-corrected chi connectivity index (χ1v) is 9.97. The summed E-state index contributed by atoms with van der Waals surface area (Å²) in [6.07, 6.45) is 2.44. The third-order valence-corrected chi connectivity index (χ3v) is 5.67. The van der Waals surface area contributed by atoms with Crippen molar-refractivity contribution in [1.29, 1.82) is 0 Å². The van der Waals surface area contributed by atoms with E-state index < -0.39 is 5.95 Å². The molecule has 4 heterocycles. The fourth-order valence-corrected chi connectivity index (χ4v) is 4.31. The predicted molar refractivity (Wildman–Crippen MR) is 105 cm³/mol. The van der Waals surface area contributed by atoms with E-state index in [2.05, 4.69) is 32.2 Å². The second kappa shape index (κ2) is 7.91. The van der Waals surface area contributed by atoms with Gasteiger partial charge in [0.25, 0.3) is 0 Å². The Kier molecular flexibility index (Phi) is 5.33. The number of halogens is 1. The van der Waals surface area contributed by atoms with Crippen LogP contribution in [0.15, 0.2) is 18.3 Å². The van der Waals surface area contributed by atoms with Crippen molar-refractivity contribution in [2.24, 2.45) is 0 Å². The van der Waals surface area contributed by atoms with E-state index in [-0.39, 0.29) is 29.2 Å². The number of pyridine rings is 1. The average Bonchev–Trinajstić information content (AvgIpc) is 3.32. The highest BCUT2D eigenvalue weighted by Gasteiger charge is 2.32. The number of methoxy groups -OCH3 is 1. The van der Waals surface area contributed by atoms with Gasteiger partial charge < -0.3 is 14.8 Å². The van der Waals surface area contributed by atoms with Crippen LogP contribution in [-0.2, 0) is 11.3 Å². The number of ether oxygens (including phenoxy) is 2. The zero-order valence-corrected chi connectivity index (χ0v) is 17.1. The molecule has 0 aliphatic carbocycles. The number of carbonyl (C=O) groups is 1. The van der Waals surface area contributed by atoms with Crippen molar-refractivity contribution in [2.75, 3.05) is 19.0 Å². The van der Waals surface area contributed by atoms with E-state index in [1.54, 1.807) is 17.8 Å². The first-order chi connectivity index (χ1) is 13.9. The van der Waals surface area contributed by atoms with E-state index in [0.29, 0.717) is 29.4 Å². The van der Waals surface area contributed by atoms with Crippen LogP contribution in [0.3, 0.4) is 0 Å². The van der Waals surface area contributed by atoms with Gasteiger partial charge in [0.15, 0.2) is 10.9 Å². The number of nitrogens with zero attached hydrogens (tertiary/aromatic N) is 5. The van der Waals surface area contributed by atoms with Crippen molar-refractivity contribution in [3.8, 4) is 11.8 Å². The number of rotatable bonds is 6. The Morgan fingerprint density at radius 1 is 1.45 bits per heavy atom. The second-order valence-corrected chi connectivity index (χ2v) is 7.99. The van der Waals surface area contributed by atoms with Crippen molar-refractivity contribution in [2.45, 2.75) is 39.0 Å². The topological polar surface area (TPSA) is 93.9 Å². The molecular weight excluding hydrogens is 399 g/mol. The lowest BCUT2D eigenvalue weighted by Crippen LogP contribution is -2.28. The van der Waals surface area contributed by atoms with Crippen molar-refractivity contribution < 1.29 is 18.7 Å². The summed E-state index contributed by atoms with van der Waals surface area (Å²) in [6.45, 7) is 4.45. The van der Waals surface area contributed by atoms with E-state index in [9.17, 15) is 9.18 Å². The Morgan fingerprint density at radius 3 is 3.03 bits per heavy atom. The molecular formula is C18H21FN6O3S. The predicted octanol–water partition coefficient (Wildman–Crippen LogP) is 2.33. The number of amides is 1. The van der Waals surface area contributed by atoms with Crippen molar-refractivity contribution in [1.82, 2.24) is 24.5 Å². The quantitative estimate of drug-likeness (QED) is 0.654. The number of hydrogen-bond donors (Lipinski definition) is 1. The molecule has 0 bridgehead atoms. The van der Waals surface area contributed by atoms with Crippen LogP contribution in [0, 0.1) is 5.95 Å². The van der Waals surface area contributed by atoms with E-state index in [1.165, 1.54) is 6.92 Å². The van der Waals surface area contributed by atoms with Crippen LogP contribution in [0.2, 0.25) is 0 Å². The van der Waals surface area contributed by atoms with Gasteiger partial charge in [-0.1, -0.05) is 11.3 Å². The summed E-state index contributed by atoms with van der Waals surface area (Å²) in [6, 6.07) is 4.11. The summed E-state index contributed by atoms with van der Waals surface area (Å²) >= 11 is 1.15. The Balaban J connectivity index is 1.42. The molecule has 1 amide bonds. The normalized spacial score (nSPS) is 19.6. The molecule has 154 valence electrons. The molecule has 11 heteroatoms.